The Balaban J connectivity index is 1.56. The van der Waals surface area contributed by atoms with Crippen LogP contribution in [0.25, 0.3) is 0 Å². The van der Waals surface area contributed by atoms with E-state index in [1.807, 2.05) is 29.2 Å². The predicted octanol–water partition coefficient (Wildman–Crippen LogP) is 4.61. The second kappa shape index (κ2) is 8.66. The number of hydrogen-bond acceptors (Lipinski definition) is 2. The SMILES string of the molecule is CC(C)Cc1ccc(C(=O)N2CCC(C(O)c3ccc(F)cc3)CC2)cc1. The highest BCUT2D eigenvalue weighted by molar-refractivity contribution is 5.94. The minimum atomic E-state index is -0.613. The zero-order valence-corrected chi connectivity index (χ0v) is 16.1. The van der Waals surface area contributed by atoms with Crippen LogP contribution in [0.15, 0.2) is 48.5 Å². The van der Waals surface area contributed by atoms with Gasteiger partial charge in [0.25, 0.3) is 5.91 Å². The lowest BCUT2D eigenvalue weighted by atomic mass is 9.87. The molecule has 1 saturated heterocycles. The summed E-state index contributed by atoms with van der Waals surface area (Å²) in [5, 5.41) is 10.6. The maximum Gasteiger partial charge on any atom is 0.253 e. The molecular formula is C23H28FNO2. The van der Waals surface area contributed by atoms with Crippen molar-refractivity contribution < 1.29 is 14.3 Å². The number of nitrogens with zero attached hydrogens (tertiary/aromatic N) is 1. The third-order valence-electron chi connectivity index (χ3n) is 5.33. The largest absolute Gasteiger partial charge is 0.388 e. The van der Waals surface area contributed by atoms with Crippen molar-refractivity contribution in [3.63, 3.8) is 0 Å². The number of aliphatic hydroxyl groups is 1. The fraction of sp³-hybridized carbons (Fsp3) is 0.435. The molecule has 1 heterocycles. The molecule has 1 amide bonds. The summed E-state index contributed by atoms with van der Waals surface area (Å²) in [4.78, 5) is 14.6. The minimum absolute atomic E-state index is 0.0563. The second-order valence-electron chi connectivity index (χ2n) is 7.92. The zero-order chi connectivity index (χ0) is 19.4. The molecule has 0 aliphatic carbocycles. The summed E-state index contributed by atoms with van der Waals surface area (Å²) in [5.41, 5.74) is 2.71. The van der Waals surface area contributed by atoms with Gasteiger partial charge in [-0.2, -0.15) is 0 Å². The molecule has 0 radical (unpaired) electrons. The van der Waals surface area contributed by atoms with Crippen LogP contribution in [0.1, 0.15) is 54.3 Å². The van der Waals surface area contributed by atoms with Gasteiger partial charge in [0.1, 0.15) is 5.82 Å². The zero-order valence-electron chi connectivity index (χ0n) is 16.1. The van der Waals surface area contributed by atoms with Gasteiger partial charge in [0.2, 0.25) is 0 Å². The highest BCUT2D eigenvalue weighted by atomic mass is 19.1. The molecule has 3 rings (SSSR count). The van der Waals surface area contributed by atoms with E-state index in [2.05, 4.69) is 13.8 Å². The third-order valence-corrected chi connectivity index (χ3v) is 5.33. The summed E-state index contributed by atoms with van der Waals surface area (Å²) >= 11 is 0. The quantitative estimate of drug-likeness (QED) is 0.836. The average Bonchev–Trinajstić information content (AvgIpc) is 2.68. The van der Waals surface area contributed by atoms with E-state index in [9.17, 15) is 14.3 Å². The molecule has 1 atom stereocenters. The van der Waals surface area contributed by atoms with Crippen LogP contribution in [-0.2, 0) is 6.42 Å². The van der Waals surface area contributed by atoms with Gasteiger partial charge in [-0.05, 0) is 66.5 Å². The van der Waals surface area contributed by atoms with Crippen LogP contribution < -0.4 is 0 Å². The molecule has 1 aliphatic rings. The van der Waals surface area contributed by atoms with Crippen molar-refractivity contribution in [2.45, 2.75) is 39.2 Å². The Morgan fingerprint density at radius 3 is 2.22 bits per heavy atom. The van der Waals surface area contributed by atoms with E-state index < -0.39 is 6.10 Å². The molecule has 3 nitrogen and oxygen atoms in total. The normalized spacial score (nSPS) is 16.6. The Morgan fingerprint density at radius 1 is 1.07 bits per heavy atom. The first kappa shape index (κ1) is 19.6. The van der Waals surface area contributed by atoms with Gasteiger partial charge in [0.15, 0.2) is 0 Å². The predicted molar refractivity (Wildman–Crippen MR) is 105 cm³/mol. The van der Waals surface area contributed by atoms with Crippen LogP contribution in [0.4, 0.5) is 4.39 Å². The molecule has 0 saturated carbocycles. The molecule has 2 aromatic rings. The Kier molecular flexibility index (Phi) is 6.27. The lowest BCUT2D eigenvalue weighted by Gasteiger charge is -2.34. The van der Waals surface area contributed by atoms with Crippen LogP contribution >= 0.6 is 0 Å². The number of aliphatic hydroxyl groups excluding tert-OH is 1. The van der Waals surface area contributed by atoms with Gasteiger partial charge in [-0.3, -0.25) is 4.79 Å². The first-order valence-electron chi connectivity index (χ1n) is 9.76. The fourth-order valence-electron chi connectivity index (χ4n) is 3.79. The van der Waals surface area contributed by atoms with E-state index in [0.29, 0.717) is 19.0 Å². The van der Waals surface area contributed by atoms with Crippen LogP contribution in [0.2, 0.25) is 0 Å². The smallest absolute Gasteiger partial charge is 0.253 e. The van der Waals surface area contributed by atoms with Crippen LogP contribution in [-0.4, -0.2) is 29.0 Å². The standard InChI is InChI=1S/C23H28FNO2/c1-16(2)15-17-3-5-20(6-4-17)23(27)25-13-11-19(12-14-25)22(26)18-7-9-21(24)10-8-18/h3-10,16,19,22,26H,11-15H2,1-2H3. The number of likely N-dealkylation sites (tertiary alicyclic amines) is 1. The minimum Gasteiger partial charge on any atom is -0.388 e. The number of hydrogen-bond donors (Lipinski definition) is 1. The van der Waals surface area contributed by atoms with E-state index >= 15 is 0 Å². The Morgan fingerprint density at radius 2 is 1.67 bits per heavy atom. The van der Waals surface area contributed by atoms with Gasteiger partial charge >= 0.3 is 0 Å². The van der Waals surface area contributed by atoms with E-state index in [1.165, 1.54) is 17.7 Å². The van der Waals surface area contributed by atoms with E-state index in [4.69, 9.17) is 0 Å². The Labute approximate surface area is 160 Å². The van der Waals surface area contributed by atoms with Crippen LogP contribution in [0, 0.1) is 17.7 Å². The van der Waals surface area contributed by atoms with Crippen LogP contribution in [0.3, 0.4) is 0 Å². The summed E-state index contributed by atoms with van der Waals surface area (Å²) in [5.74, 6) is 0.442. The number of rotatable bonds is 5. The number of piperidine rings is 1. The van der Waals surface area contributed by atoms with Crippen molar-refractivity contribution in [3.8, 4) is 0 Å². The summed E-state index contributed by atoms with van der Waals surface area (Å²) < 4.78 is 13.1. The first-order valence-corrected chi connectivity index (χ1v) is 9.76. The lowest BCUT2D eigenvalue weighted by Crippen LogP contribution is -2.39. The number of halogens is 1. The summed E-state index contributed by atoms with van der Waals surface area (Å²) in [6.45, 7) is 5.64. The van der Waals surface area contributed by atoms with Gasteiger partial charge < -0.3 is 10.0 Å². The molecule has 1 N–H and O–H groups in total. The van der Waals surface area contributed by atoms with Crippen molar-refractivity contribution in [1.82, 2.24) is 4.90 Å². The van der Waals surface area contributed by atoms with E-state index in [0.717, 1.165) is 30.4 Å². The van der Waals surface area contributed by atoms with E-state index in [1.54, 1.807) is 12.1 Å². The molecule has 0 spiro atoms. The summed E-state index contributed by atoms with van der Waals surface area (Å²) in [6, 6.07) is 13.9. The molecule has 0 aromatic heterocycles. The Bertz CT molecular complexity index is 747. The molecule has 2 aromatic carbocycles. The summed E-state index contributed by atoms with van der Waals surface area (Å²) in [6.07, 6.45) is 1.89. The maximum atomic E-state index is 13.1. The number of amides is 1. The highest BCUT2D eigenvalue weighted by Crippen LogP contribution is 2.31. The molecule has 27 heavy (non-hydrogen) atoms. The molecular weight excluding hydrogens is 341 g/mol. The van der Waals surface area contributed by atoms with Crippen molar-refractivity contribution >= 4 is 5.91 Å². The molecule has 1 fully saturated rings. The van der Waals surface area contributed by atoms with Crippen molar-refractivity contribution in [1.29, 1.82) is 0 Å². The molecule has 1 unspecified atom stereocenters. The molecule has 0 bridgehead atoms. The summed E-state index contributed by atoms with van der Waals surface area (Å²) in [7, 11) is 0. The monoisotopic (exact) mass is 369 g/mol. The second-order valence-corrected chi connectivity index (χ2v) is 7.92. The molecule has 144 valence electrons. The molecule has 1 aliphatic heterocycles. The van der Waals surface area contributed by atoms with Gasteiger partial charge in [0.05, 0.1) is 6.10 Å². The lowest BCUT2D eigenvalue weighted by molar-refractivity contribution is 0.0462. The fourth-order valence-corrected chi connectivity index (χ4v) is 3.79. The Hall–Kier alpha value is -2.20. The van der Waals surface area contributed by atoms with Crippen molar-refractivity contribution in [2.24, 2.45) is 11.8 Å². The highest BCUT2D eigenvalue weighted by Gasteiger charge is 2.28. The van der Waals surface area contributed by atoms with Gasteiger partial charge in [-0.25, -0.2) is 4.39 Å². The van der Waals surface area contributed by atoms with Crippen LogP contribution in [0.5, 0.6) is 0 Å². The van der Waals surface area contributed by atoms with E-state index in [-0.39, 0.29) is 17.6 Å². The maximum absolute atomic E-state index is 13.1. The third kappa shape index (κ3) is 4.95. The number of carbonyl (C=O) groups is 1. The first-order chi connectivity index (χ1) is 12.9. The van der Waals surface area contributed by atoms with Gasteiger partial charge in [-0.15, -0.1) is 0 Å². The van der Waals surface area contributed by atoms with Gasteiger partial charge in [-0.1, -0.05) is 38.1 Å². The average molecular weight is 369 g/mol. The number of benzene rings is 2. The van der Waals surface area contributed by atoms with Gasteiger partial charge in [0, 0.05) is 18.7 Å². The topological polar surface area (TPSA) is 40.5 Å². The van der Waals surface area contributed by atoms with Crippen molar-refractivity contribution in [2.75, 3.05) is 13.1 Å². The van der Waals surface area contributed by atoms with Crippen molar-refractivity contribution in [3.05, 3.63) is 71.0 Å². The number of carbonyl (C=O) groups excluding carboxylic acids is 1. The molecule has 4 heteroatoms.